The highest BCUT2D eigenvalue weighted by molar-refractivity contribution is 5.53. The topological polar surface area (TPSA) is 47.3 Å². The average molecular weight is 393 g/mol. The minimum atomic E-state index is 0.420. The van der Waals surface area contributed by atoms with Crippen molar-refractivity contribution in [1.82, 2.24) is 10.3 Å². The first-order valence-electron chi connectivity index (χ1n) is 10.7. The minimum Gasteiger partial charge on any atom is -0.493 e. The lowest BCUT2D eigenvalue weighted by Crippen LogP contribution is -2.20. The molecule has 1 N–H and O–H groups in total. The summed E-state index contributed by atoms with van der Waals surface area (Å²) in [6, 6.07) is 18.9. The number of unbranched alkanes of at least 4 members (excludes halogenated alkanes) is 1. The van der Waals surface area contributed by atoms with E-state index in [0.29, 0.717) is 18.5 Å². The number of oxazole rings is 1. The van der Waals surface area contributed by atoms with Crippen LogP contribution in [0.2, 0.25) is 0 Å². The molecular formula is C25H32N2O2. The molecule has 1 unspecified atom stereocenters. The first-order chi connectivity index (χ1) is 14.2. The standard InChI is InChI=1S/C25H32N2O2/c1-4-6-12-24(26-5-2)20-13-15-22(16-14-20)28-18-17-23-19(3)29-25(27-23)21-10-8-7-9-11-21/h7-11,13-16,24,26H,4-6,12,17-18H2,1-3H3. The fourth-order valence-corrected chi connectivity index (χ4v) is 3.47. The van der Waals surface area contributed by atoms with Gasteiger partial charge in [-0.05, 0) is 49.7 Å². The normalized spacial score (nSPS) is 12.1. The fourth-order valence-electron chi connectivity index (χ4n) is 3.47. The second-order valence-corrected chi connectivity index (χ2v) is 7.31. The summed E-state index contributed by atoms with van der Waals surface area (Å²) in [5.41, 5.74) is 3.27. The quantitative estimate of drug-likeness (QED) is 0.427. The molecule has 0 saturated carbocycles. The number of nitrogens with zero attached hydrogens (tertiary/aromatic N) is 1. The Labute approximate surface area is 174 Å². The van der Waals surface area contributed by atoms with Crippen LogP contribution in [0.15, 0.2) is 59.0 Å². The van der Waals surface area contributed by atoms with Crippen LogP contribution in [0.1, 0.15) is 56.2 Å². The Bertz CT molecular complexity index is 856. The number of aryl methyl sites for hydroxylation is 1. The number of benzene rings is 2. The molecule has 0 fully saturated rings. The van der Waals surface area contributed by atoms with Gasteiger partial charge < -0.3 is 14.5 Å². The smallest absolute Gasteiger partial charge is 0.226 e. The molecule has 0 aliphatic carbocycles. The number of hydrogen-bond donors (Lipinski definition) is 1. The second kappa shape index (κ2) is 10.8. The van der Waals surface area contributed by atoms with Crippen LogP contribution in [0, 0.1) is 6.92 Å². The van der Waals surface area contributed by atoms with Gasteiger partial charge in [-0.3, -0.25) is 0 Å². The molecule has 2 aromatic carbocycles. The maximum atomic E-state index is 5.95. The number of hydrogen-bond acceptors (Lipinski definition) is 4. The minimum absolute atomic E-state index is 0.420. The number of nitrogens with one attached hydrogen (secondary N) is 1. The van der Waals surface area contributed by atoms with Gasteiger partial charge in [0.05, 0.1) is 12.3 Å². The van der Waals surface area contributed by atoms with E-state index >= 15 is 0 Å². The monoisotopic (exact) mass is 392 g/mol. The highest BCUT2D eigenvalue weighted by Crippen LogP contribution is 2.24. The molecule has 0 radical (unpaired) electrons. The summed E-state index contributed by atoms with van der Waals surface area (Å²) in [4.78, 5) is 4.64. The van der Waals surface area contributed by atoms with E-state index in [1.165, 1.54) is 24.8 Å². The maximum Gasteiger partial charge on any atom is 0.226 e. The Balaban J connectivity index is 1.55. The van der Waals surface area contributed by atoms with Crippen molar-refractivity contribution in [3.63, 3.8) is 0 Å². The molecule has 29 heavy (non-hydrogen) atoms. The third-order valence-corrected chi connectivity index (χ3v) is 5.10. The molecule has 3 aromatic rings. The Morgan fingerprint density at radius 3 is 2.48 bits per heavy atom. The van der Waals surface area contributed by atoms with Crippen molar-refractivity contribution in [2.75, 3.05) is 13.2 Å². The molecule has 3 rings (SSSR count). The Hall–Kier alpha value is -2.59. The van der Waals surface area contributed by atoms with E-state index in [2.05, 4.69) is 48.4 Å². The van der Waals surface area contributed by atoms with Gasteiger partial charge in [-0.1, -0.05) is 57.0 Å². The third kappa shape index (κ3) is 5.94. The van der Waals surface area contributed by atoms with Crippen LogP contribution < -0.4 is 10.1 Å². The lowest BCUT2D eigenvalue weighted by atomic mass is 10.0. The molecule has 4 nitrogen and oxygen atoms in total. The van der Waals surface area contributed by atoms with Gasteiger partial charge in [-0.15, -0.1) is 0 Å². The first kappa shape index (κ1) is 21.1. The van der Waals surface area contributed by atoms with Crippen molar-refractivity contribution < 1.29 is 9.15 Å². The molecular weight excluding hydrogens is 360 g/mol. The molecule has 0 amide bonds. The predicted octanol–water partition coefficient (Wildman–Crippen LogP) is 6.11. The van der Waals surface area contributed by atoms with E-state index < -0.39 is 0 Å². The molecule has 0 aliphatic rings. The zero-order valence-corrected chi connectivity index (χ0v) is 17.8. The zero-order valence-electron chi connectivity index (χ0n) is 17.8. The highest BCUT2D eigenvalue weighted by atomic mass is 16.5. The largest absolute Gasteiger partial charge is 0.493 e. The molecule has 1 atom stereocenters. The molecule has 0 saturated heterocycles. The van der Waals surface area contributed by atoms with Crippen molar-refractivity contribution in [2.45, 2.75) is 52.5 Å². The first-order valence-corrected chi connectivity index (χ1v) is 10.7. The van der Waals surface area contributed by atoms with Crippen molar-refractivity contribution >= 4 is 0 Å². The summed E-state index contributed by atoms with van der Waals surface area (Å²) in [5, 5.41) is 3.58. The van der Waals surface area contributed by atoms with E-state index in [9.17, 15) is 0 Å². The average Bonchev–Trinajstić information content (AvgIpc) is 3.13. The fraction of sp³-hybridized carbons (Fsp3) is 0.400. The molecule has 1 aromatic heterocycles. The van der Waals surface area contributed by atoms with Crippen molar-refractivity contribution in [3.8, 4) is 17.2 Å². The van der Waals surface area contributed by atoms with Gasteiger partial charge in [0.1, 0.15) is 11.5 Å². The zero-order chi connectivity index (χ0) is 20.5. The number of rotatable bonds is 11. The van der Waals surface area contributed by atoms with E-state index in [0.717, 1.165) is 35.7 Å². The summed E-state index contributed by atoms with van der Waals surface area (Å²) >= 11 is 0. The lowest BCUT2D eigenvalue weighted by molar-refractivity contribution is 0.319. The molecule has 0 bridgehead atoms. The molecule has 1 heterocycles. The molecule has 154 valence electrons. The van der Waals surface area contributed by atoms with Crippen molar-refractivity contribution in [1.29, 1.82) is 0 Å². The Morgan fingerprint density at radius 2 is 1.79 bits per heavy atom. The van der Waals surface area contributed by atoms with Gasteiger partial charge in [0.2, 0.25) is 5.89 Å². The van der Waals surface area contributed by atoms with Crippen LogP contribution in [0.3, 0.4) is 0 Å². The van der Waals surface area contributed by atoms with Gasteiger partial charge in [0.15, 0.2) is 0 Å². The molecule has 0 aliphatic heterocycles. The van der Waals surface area contributed by atoms with E-state index in [1.54, 1.807) is 0 Å². The van der Waals surface area contributed by atoms with Crippen LogP contribution in [-0.2, 0) is 6.42 Å². The number of ether oxygens (including phenoxy) is 1. The number of aromatic nitrogens is 1. The highest BCUT2D eigenvalue weighted by Gasteiger charge is 2.12. The van der Waals surface area contributed by atoms with E-state index in [-0.39, 0.29) is 0 Å². The van der Waals surface area contributed by atoms with E-state index in [4.69, 9.17) is 9.15 Å². The van der Waals surface area contributed by atoms with Gasteiger partial charge in [0.25, 0.3) is 0 Å². The van der Waals surface area contributed by atoms with Crippen molar-refractivity contribution in [2.24, 2.45) is 0 Å². The molecule has 4 heteroatoms. The summed E-state index contributed by atoms with van der Waals surface area (Å²) < 4.78 is 11.8. The van der Waals surface area contributed by atoms with Crippen LogP contribution >= 0.6 is 0 Å². The van der Waals surface area contributed by atoms with Crippen LogP contribution in [0.4, 0.5) is 0 Å². The Morgan fingerprint density at radius 1 is 1.03 bits per heavy atom. The van der Waals surface area contributed by atoms with Gasteiger partial charge in [-0.25, -0.2) is 4.98 Å². The summed E-state index contributed by atoms with van der Waals surface area (Å²) in [6.07, 6.45) is 4.34. The van der Waals surface area contributed by atoms with Crippen LogP contribution in [-0.4, -0.2) is 18.1 Å². The summed E-state index contributed by atoms with van der Waals surface area (Å²) in [7, 11) is 0. The van der Waals surface area contributed by atoms with Crippen molar-refractivity contribution in [3.05, 3.63) is 71.6 Å². The maximum absolute atomic E-state index is 5.95. The SMILES string of the molecule is CCCCC(NCC)c1ccc(OCCc2nc(-c3ccccc3)oc2C)cc1. The van der Waals surface area contributed by atoms with E-state index in [1.807, 2.05) is 37.3 Å². The van der Waals surface area contributed by atoms with Crippen LogP contribution in [0.25, 0.3) is 11.5 Å². The lowest BCUT2D eigenvalue weighted by Gasteiger charge is -2.18. The van der Waals surface area contributed by atoms with Gasteiger partial charge >= 0.3 is 0 Å². The van der Waals surface area contributed by atoms with Gasteiger partial charge in [0, 0.05) is 18.0 Å². The Kier molecular flexibility index (Phi) is 7.88. The summed E-state index contributed by atoms with van der Waals surface area (Å²) in [6.45, 7) is 7.91. The third-order valence-electron chi connectivity index (χ3n) is 5.10. The predicted molar refractivity (Wildman–Crippen MR) is 118 cm³/mol. The molecule has 0 spiro atoms. The van der Waals surface area contributed by atoms with Crippen LogP contribution in [0.5, 0.6) is 5.75 Å². The summed E-state index contributed by atoms with van der Waals surface area (Å²) in [5.74, 6) is 2.42. The second-order valence-electron chi connectivity index (χ2n) is 7.31. The van der Waals surface area contributed by atoms with Gasteiger partial charge in [-0.2, -0.15) is 0 Å².